The number of halogens is 2. The number of esters is 3. The van der Waals surface area contributed by atoms with Gasteiger partial charge < -0.3 is 14.6 Å². The second-order valence-corrected chi connectivity index (χ2v) is 2.90. The zero-order valence-corrected chi connectivity index (χ0v) is 7.40. The van der Waals surface area contributed by atoms with Gasteiger partial charge in [-0.05, 0) is 0 Å². The van der Waals surface area contributed by atoms with E-state index in [0.29, 0.717) is 0 Å². The van der Waals surface area contributed by atoms with Crippen LogP contribution in [0.4, 0.5) is 8.78 Å². The van der Waals surface area contributed by atoms with Crippen LogP contribution in [0.2, 0.25) is 0 Å². The quantitative estimate of drug-likeness (QED) is 0.477. The highest BCUT2D eigenvalue weighted by Crippen LogP contribution is 2.19. The molecule has 0 aliphatic carbocycles. The molecule has 0 saturated carbocycles. The van der Waals surface area contributed by atoms with E-state index in [4.69, 9.17) is 5.11 Å². The van der Waals surface area contributed by atoms with Gasteiger partial charge in [-0.2, -0.15) is 8.78 Å². The normalized spacial score (nSPS) is 26.4. The van der Waals surface area contributed by atoms with E-state index >= 15 is 0 Å². The molecule has 1 aliphatic heterocycles. The number of aliphatic hydroxyl groups excluding tert-OH is 1. The van der Waals surface area contributed by atoms with Gasteiger partial charge in [0, 0.05) is 6.92 Å². The summed E-state index contributed by atoms with van der Waals surface area (Å²) in [5.41, 5.74) is 0. The Morgan fingerprint density at radius 3 is 2.33 bits per heavy atom. The molecule has 84 valence electrons. The molecule has 1 heterocycles. The molecule has 2 atom stereocenters. The van der Waals surface area contributed by atoms with E-state index < -0.39 is 36.0 Å². The molecule has 1 fully saturated rings. The summed E-state index contributed by atoms with van der Waals surface area (Å²) >= 11 is 0. The van der Waals surface area contributed by atoms with Gasteiger partial charge in [-0.15, -0.1) is 0 Å². The first-order valence-corrected chi connectivity index (χ1v) is 3.76. The van der Waals surface area contributed by atoms with E-state index in [1.165, 1.54) is 0 Å². The lowest BCUT2D eigenvalue weighted by Crippen LogP contribution is -2.38. The second kappa shape index (κ2) is 3.54. The van der Waals surface area contributed by atoms with Gasteiger partial charge in [0.05, 0.1) is 0 Å². The molecule has 0 aromatic carbocycles. The molecule has 1 N–H and O–H groups in total. The molecule has 0 bridgehead atoms. The van der Waals surface area contributed by atoms with Crippen LogP contribution in [-0.2, 0) is 23.9 Å². The summed E-state index contributed by atoms with van der Waals surface area (Å²) in [4.78, 5) is 31.9. The Morgan fingerprint density at radius 2 is 2.00 bits per heavy atom. The number of hydrogen-bond donors (Lipinski definition) is 1. The lowest BCUT2D eigenvalue weighted by atomic mass is 10.2. The van der Waals surface area contributed by atoms with Crippen LogP contribution in [0.25, 0.3) is 0 Å². The molecule has 15 heavy (non-hydrogen) atoms. The number of aliphatic hydroxyl groups is 1. The van der Waals surface area contributed by atoms with Crippen molar-refractivity contribution in [3.63, 3.8) is 0 Å². The van der Waals surface area contributed by atoms with Crippen molar-refractivity contribution in [2.75, 3.05) is 0 Å². The average Bonchev–Trinajstić information content (AvgIpc) is 2.30. The van der Waals surface area contributed by atoms with Crippen LogP contribution in [0.1, 0.15) is 6.92 Å². The zero-order valence-electron chi connectivity index (χ0n) is 7.40. The Balaban J connectivity index is 2.71. The van der Waals surface area contributed by atoms with E-state index in [0.717, 1.165) is 0 Å². The Morgan fingerprint density at radius 1 is 1.47 bits per heavy atom. The van der Waals surface area contributed by atoms with Crippen molar-refractivity contribution >= 4 is 17.9 Å². The highest BCUT2D eigenvalue weighted by Gasteiger charge is 2.49. The summed E-state index contributed by atoms with van der Waals surface area (Å²) in [7, 11) is 0. The highest BCUT2D eigenvalue weighted by atomic mass is 19.3. The summed E-state index contributed by atoms with van der Waals surface area (Å²) in [5.74, 6) is -8.54. The minimum Gasteiger partial charge on any atom is -0.442 e. The molecule has 0 amide bonds. The molecular formula is C7H6F2O6. The van der Waals surface area contributed by atoms with E-state index in [-0.39, 0.29) is 6.92 Å². The molecule has 0 spiro atoms. The van der Waals surface area contributed by atoms with Crippen molar-refractivity contribution in [2.24, 2.45) is 0 Å². The van der Waals surface area contributed by atoms with Crippen molar-refractivity contribution in [2.45, 2.75) is 25.1 Å². The van der Waals surface area contributed by atoms with Crippen molar-refractivity contribution in [1.82, 2.24) is 0 Å². The molecule has 2 unspecified atom stereocenters. The van der Waals surface area contributed by atoms with Gasteiger partial charge in [0.15, 0.2) is 0 Å². The first-order valence-electron chi connectivity index (χ1n) is 3.76. The maximum Gasteiger partial charge on any atom is 0.377 e. The van der Waals surface area contributed by atoms with Crippen LogP contribution >= 0.6 is 0 Å². The third kappa shape index (κ3) is 2.27. The lowest BCUT2D eigenvalue weighted by Gasteiger charge is -2.13. The van der Waals surface area contributed by atoms with Crippen LogP contribution in [0, 0.1) is 0 Å². The number of carbonyl (C=O) groups excluding carboxylic acids is 3. The molecule has 6 nitrogen and oxygen atoms in total. The van der Waals surface area contributed by atoms with Crippen LogP contribution in [-0.4, -0.2) is 41.1 Å². The summed E-state index contributed by atoms with van der Waals surface area (Å²) in [6.07, 6.45) is -4.07. The smallest absolute Gasteiger partial charge is 0.377 e. The summed E-state index contributed by atoms with van der Waals surface area (Å²) in [5, 5.41) is 8.93. The first kappa shape index (κ1) is 11.5. The summed E-state index contributed by atoms with van der Waals surface area (Å²) in [6.45, 7) is 0.254. The van der Waals surface area contributed by atoms with Crippen LogP contribution < -0.4 is 0 Å². The fraction of sp³-hybridized carbons (Fsp3) is 0.571. The van der Waals surface area contributed by atoms with Crippen molar-refractivity contribution < 1.29 is 37.7 Å². The maximum absolute atomic E-state index is 12.3. The lowest BCUT2D eigenvalue weighted by molar-refractivity contribution is -0.181. The molecule has 1 rings (SSSR count). The summed E-state index contributed by atoms with van der Waals surface area (Å²) < 4.78 is 32.4. The Kier molecular flexibility index (Phi) is 2.71. The number of hydrogen-bond acceptors (Lipinski definition) is 6. The predicted molar refractivity (Wildman–Crippen MR) is 37.6 cm³/mol. The topological polar surface area (TPSA) is 89.9 Å². The van der Waals surface area contributed by atoms with Gasteiger partial charge in [-0.1, -0.05) is 0 Å². The predicted octanol–water partition coefficient (Wildman–Crippen LogP) is -1.00. The average molecular weight is 224 g/mol. The zero-order chi connectivity index (χ0) is 11.8. The largest absolute Gasteiger partial charge is 0.442 e. The fourth-order valence-corrected chi connectivity index (χ4v) is 0.801. The third-order valence-electron chi connectivity index (χ3n) is 1.55. The van der Waals surface area contributed by atoms with Crippen molar-refractivity contribution in [3.8, 4) is 0 Å². The van der Waals surface area contributed by atoms with Gasteiger partial charge in [-0.3, -0.25) is 0 Å². The molecule has 1 aliphatic rings. The molecular weight excluding hydrogens is 218 g/mol. The molecule has 0 aromatic rings. The van der Waals surface area contributed by atoms with Crippen LogP contribution in [0.15, 0.2) is 0 Å². The Hall–Kier alpha value is -1.57. The Labute approximate surface area is 81.8 Å². The maximum atomic E-state index is 12.3. The number of cyclic esters (lactones) is 2. The van der Waals surface area contributed by atoms with E-state index in [2.05, 4.69) is 9.47 Å². The van der Waals surface area contributed by atoms with Gasteiger partial charge in [0.25, 0.3) is 0 Å². The number of ether oxygens (including phenoxy) is 2. The fourth-order valence-electron chi connectivity index (χ4n) is 0.801. The monoisotopic (exact) mass is 224 g/mol. The molecule has 0 radical (unpaired) electrons. The minimum atomic E-state index is -3.81. The van der Waals surface area contributed by atoms with Gasteiger partial charge in [0.2, 0.25) is 12.2 Å². The van der Waals surface area contributed by atoms with E-state index in [1.807, 2.05) is 0 Å². The number of carbonyl (C=O) groups is 3. The summed E-state index contributed by atoms with van der Waals surface area (Å²) in [6, 6.07) is 0. The van der Waals surface area contributed by atoms with E-state index in [1.54, 1.807) is 0 Å². The first-order chi connectivity index (χ1) is 6.73. The van der Waals surface area contributed by atoms with Gasteiger partial charge in [-0.25, -0.2) is 14.4 Å². The van der Waals surface area contributed by atoms with Crippen LogP contribution in [0.3, 0.4) is 0 Å². The standard InChI is InChI=1S/C7H6F2O6/c1-7(8,9)6(13)14-3-2(10)4(11)15-5(3)12/h2-3,10H,1H3. The van der Waals surface area contributed by atoms with Gasteiger partial charge in [0.1, 0.15) is 0 Å². The van der Waals surface area contributed by atoms with Gasteiger partial charge >= 0.3 is 23.8 Å². The minimum absolute atomic E-state index is 0.254. The third-order valence-corrected chi connectivity index (χ3v) is 1.55. The number of alkyl halides is 2. The van der Waals surface area contributed by atoms with Crippen molar-refractivity contribution in [1.29, 1.82) is 0 Å². The highest BCUT2D eigenvalue weighted by molar-refractivity contribution is 6.00. The SMILES string of the molecule is CC(F)(F)C(=O)OC1C(=O)OC(=O)C1O. The molecule has 0 aromatic heterocycles. The molecule has 1 saturated heterocycles. The van der Waals surface area contributed by atoms with E-state index in [9.17, 15) is 23.2 Å². The molecule has 8 heteroatoms. The second-order valence-electron chi connectivity index (χ2n) is 2.90. The Bertz CT molecular complexity index is 320. The number of rotatable bonds is 2. The van der Waals surface area contributed by atoms with Crippen molar-refractivity contribution in [3.05, 3.63) is 0 Å². The van der Waals surface area contributed by atoms with Crippen LogP contribution in [0.5, 0.6) is 0 Å².